The van der Waals surface area contributed by atoms with E-state index in [4.69, 9.17) is 0 Å². The Kier molecular flexibility index (Phi) is 4.53. The highest BCUT2D eigenvalue weighted by atomic mass is 19.4. The maximum Gasteiger partial charge on any atom is 0.423 e. The van der Waals surface area contributed by atoms with E-state index in [1.165, 1.54) is 24.3 Å². The Morgan fingerprint density at radius 1 is 1.33 bits per heavy atom. The molecule has 116 valence electrons. The van der Waals surface area contributed by atoms with Crippen molar-refractivity contribution >= 4 is 5.91 Å². The topological polar surface area (TPSA) is 61.4 Å². The molecule has 2 unspecified atom stereocenters. The fourth-order valence-corrected chi connectivity index (χ4v) is 2.32. The lowest BCUT2D eigenvalue weighted by Crippen LogP contribution is -2.52. The molecule has 0 saturated carbocycles. The zero-order valence-electron chi connectivity index (χ0n) is 11.3. The van der Waals surface area contributed by atoms with Gasteiger partial charge >= 0.3 is 6.18 Å². The van der Waals surface area contributed by atoms with Crippen molar-refractivity contribution in [3.05, 3.63) is 35.9 Å². The normalized spacial score (nSPS) is 21.8. The summed E-state index contributed by atoms with van der Waals surface area (Å²) in [7, 11) is 0. The molecule has 3 N–H and O–H groups in total. The molecule has 7 heteroatoms. The molecule has 0 aromatic heterocycles. The summed E-state index contributed by atoms with van der Waals surface area (Å²) < 4.78 is 39.6. The first kappa shape index (κ1) is 15.8. The summed E-state index contributed by atoms with van der Waals surface area (Å²) in [4.78, 5) is 11.8. The smallest absolute Gasteiger partial charge is 0.375 e. The van der Waals surface area contributed by atoms with E-state index in [1.54, 1.807) is 6.07 Å². The van der Waals surface area contributed by atoms with Gasteiger partial charge in [0.05, 0.1) is 12.5 Å². The molecule has 1 heterocycles. The van der Waals surface area contributed by atoms with Crippen LogP contribution in [0.2, 0.25) is 0 Å². The second kappa shape index (κ2) is 6.03. The van der Waals surface area contributed by atoms with Crippen LogP contribution in [-0.2, 0) is 10.4 Å². The lowest BCUT2D eigenvalue weighted by atomic mass is 9.92. The number of hydrogen-bond donors (Lipinski definition) is 3. The SMILES string of the molecule is O=C(NCC(O)(c1ccccc1)C(F)(F)F)C1CCNC1. The molecule has 2 atom stereocenters. The van der Waals surface area contributed by atoms with E-state index < -0.39 is 24.2 Å². The Labute approximate surface area is 120 Å². The fourth-order valence-electron chi connectivity index (χ4n) is 2.32. The maximum absolute atomic E-state index is 13.2. The van der Waals surface area contributed by atoms with Crippen LogP contribution < -0.4 is 10.6 Å². The zero-order valence-corrected chi connectivity index (χ0v) is 11.3. The number of carbonyl (C=O) groups excluding carboxylic acids is 1. The second-order valence-electron chi connectivity index (χ2n) is 5.13. The van der Waals surface area contributed by atoms with E-state index >= 15 is 0 Å². The first-order chi connectivity index (χ1) is 9.84. The van der Waals surface area contributed by atoms with Crippen LogP contribution in [0.1, 0.15) is 12.0 Å². The summed E-state index contributed by atoms with van der Waals surface area (Å²) in [5, 5.41) is 15.2. The molecule has 2 rings (SSSR count). The maximum atomic E-state index is 13.2. The summed E-state index contributed by atoms with van der Waals surface area (Å²) >= 11 is 0. The third kappa shape index (κ3) is 3.36. The van der Waals surface area contributed by atoms with Crippen molar-refractivity contribution in [1.29, 1.82) is 0 Å². The molecule has 4 nitrogen and oxygen atoms in total. The molecule has 1 fully saturated rings. The summed E-state index contributed by atoms with van der Waals surface area (Å²) in [6, 6.07) is 6.76. The van der Waals surface area contributed by atoms with Crippen LogP contribution in [0.15, 0.2) is 30.3 Å². The highest BCUT2D eigenvalue weighted by Crippen LogP contribution is 2.38. The molecule has 0 radical (unpaired) electrons. The molecule has 1 aliphatic heterocycles. The van der Waals surface area contributed by atoms with Gasteiger partial charge in [-0.2, -0.15) is 13.2 Å². The molecule has 1 saturated heterocycles. The molecule has 0 bridgehead atoms. The van der Waals surface area contributed by atoms with Gasteiger partial charge in [0.1, 0.15) is 0 Å². The van der Waals surface area contributed by atoms with Crippen molar-refractivity contribution in [2.24, 2.45) is 5.92 Å². The van der Waals surface area contributed by atoms with Gasteiger partial charge in [-0.05, 0) is 18.5 Å². The number of alkyl halides is 3. The molecule has 1 aromatic rings. The molecular weight excluding hydrogens is 285 g/mol. The summed E-state index contributed by atoms with van der Waals surface area (Å²) in [5.41, 5.74) is -3.38. The van der Waals surface area contributed by atoms with E-state index in [2.05, 4.69) is 10.6 Å². The summed E-state index contributed by atoms with van der Waals surface area (Å²) in [5.74, 6) is -0.822. The number of nitrogens with one attached hydrogen (secondary N) is 2. The first-order valence-electron chi connectivity index (χ1n) is 6.67. The third-order valence-electron chi connectivity index (χ3n) is 3.67. The van der Waals surface area contributed by atoms with Gasteiger partial charge in [0.2, 0.25) is 11.5 Å². The average Bonchev–Trinajstić information content (AvgIpc) is 2.98. The Morgan fingerprint density at radius 3 is 2.52 bits per heavy atom. The van der Waals surface area contributed by atoms with Gasteiger partial charge in [0.15, 0.2) is 0 Å². The van der Waals surface area contributed by atoms with Crippen molar-refractivity contribution in [3.63, 3.8) is 0 Å². The fraction of sp³-hybridized carbons (Fsp3) is 0.500. The lowest BCUT2D eigenvalue weighted by Gasteiger charge is -2.31. The van der Waals surface area contributed by atoms with Gasteiger partial charge in [0, 0.05) is 6.54 Å². The van der Waals surface area contributed by atoms with Gasteiger partial charge < -0.3 is 15.7 Å². The van der Waals surface area contributed by atoms with E-state index in [-0.39, 0.29) is 11.5 Å². The van der Waals surface area contributed by atoms with Crippen LogP contribution in [-0.4, -0.2) is 36.8 Å². The standard InChI is InChI=1S/C14H17F3N2O2/c15-14(16,17)13(21,11-4-2-1-3-5-11)9-19-12(20)10-6-7-18-8-10/h1-5,10,18,21H,6-9H2,(H,19,20). The Bertz CT molecular complexity index is 487. The first-order valence-corrected chi connectivity index (χ1v) is 6.67. The number of benzene rings is 1. The minimum atomic E-state index is -4.88. The lowest BCUT2D eigenvalue weighted by molar-refractivity contribution is -0.264. The summed E-state index contributed by atoms with van der Waals surface area (Å²) in [6.45, 7) is 0.220. The predicted octanol–water partition coefficient (Wildman–Crippen LogP) is 1.16. The van der Waals surface area contributed by atoms with Crippen LogP contribution in [0.4, 0.5) is 13.2 Å². The van der Waals surface area contributed by atoms with E-state index in [9.17, 15) is 23.1 Å². The van der Waals surface area contributed by atoms with E-state index in [0.717, 1.165) is 0 Å². The highest BCUT2D eigenvalue weighted by Gasteiger charge is 2.55. The number of halogens is 3. The van der Waals surface area contributed by atoms with Crippen molar-refractivity contribution in [2.45, 2.75) is 18.2 Å². The second-order valence-corrected chi connectivity index (χ2v) is 5.13. The van der Waals surface area contributed by atoms with E-state index in [0.29, 0.717) is 19.5 Å². The number of aliphatic hydroxyl groups is 1. The zero-order chi connectivity index (χ0) is 15.5. The van der Waals surface area contributed by atoms with Crippen LogP contribution in [0, 0.1) is 5.92 Å². The predicted molar refractivity (Wildman–Crippen MR) is 70.4 cm³/mol. The van der Waals surface area contributed by atoms with Crippen LogP contribution in [0.25, 0.3) is 0 Å². The Hall–Kier alpha value is -1.60. The van der Waals surface area contributed by atoms with Gasteiger partial charge in [-0.3, -0.25) is 4.79 Å². The monoisotopic (exact) mass is 302 g/mol. The molecule has 0 spiro atoms. The average molecular weight is 302 g/mol. The Balaban J connectivity index is 2.12. The largest absolute Gasteiger partial charge is 0.423 e. The van der Waals surface area contributed by atoms with Crippen molar-refractivity contribution in [1.82, 2.24) is 10.6 Å². The molecule has 1 amide bonds. The van der Waals surface area contributed by atoms with Crippen molar-refractivity contribution in [2.75, 3.05) is 19.6 Å². The quantitative estimate of drug-likeness (QED) is 0.782. The molecule has 0 aliphatic carbocycles. The molecule has 21 heavy (non-hydrogen) atoms. The number of hydrogen-bond acceptors (Lipinski definition) is 3. The summed E-state index contributed by atoms with van der Waals surface area (Å²) in [6.07, 6.45) is -4.29. The van der Waals surface area contributed by atoms with Gasteiger partial charge in [0.25, 0.3) is 0 Å². The van der Waals surface area contributed by atoms with Crippen molar-refractivity contribution in [3.8, 4) is 0 Å². The van der Waals surface area contributed by atoms with Gasteiger partial charge in [-0.15, -0.1) is 0 Å². The van der Waals surface area contributed by atoms with Crippen LogP contribution >= 0.6 is 0 Å². The van der Waals surface area contributed by atoms with E-state index in [1.807, 2.05) is 0 Å². The minimum Gasteiger partial charge on any atom is -0.375 e. The Morgan fingerprint density at radius 2 is 2.00 bits per heavy atom. The van der Waals surface area contributed by atoms with Crippen LogP contribution in [0.5, 0.6) is 0 Å². The molecular formula is C14H17F3N2O2. The third-order valence-corrected chi connectivity index (χ3v) is 3.67. The van der Waals surface area contributed by atoms with Crippen LogP contribution in [0.3, 0.4) is 0 Å². The molecule has 1 aliphatic rings. The number of rotatable bonds is 4. The highest BCUT2D eigenvalue weighted by molar-refractivity contribution is 5.79. The number of carbonyl (C=O) groups is 1. The minimum absolute atomic E-state index is 0.289. The number of amides is 1. The van der Waals surface area contributed by atoms with Gasteiger partial charge in [-0.25, -0.2) is 0 Å². The molecule has 1 aromatic carbocycles. The van der Waals surface area contributed by atoms with Crippen molar-refractivity contribution < 1.29 is 23.1 Å². The van der Waals surface area contributed by atoms with Gasteiger partial charge in [-0.1, -0.05) is 30.3 Å².